The summed E-state index contributed by atoms with van der Waals surface area (Å²) in [6, 6.07) is -0.980. The van der Waals surface area contributed by atoms with E-state index in [1.807, 2.05) is 11.6 Å². The third kappa shape index (κ3) is 8.86. The quantitative estimate of drug-likeness (QED) is 0.738. The first-order chi connectivity index (χ1) is 9.88. The van der Waals surface area contributed by atoms with E-state index in [0.29, 0.717) is 12.8 Å². The molecule has 0 bridgehead atoms. The van der Waals surface area contributed by atoms with Crippen LogP contribution in [0.4, 0.5) is 4.79 Å². The number of carbonyl (C=O) groups excluding carboxylic acids is 2. The fourth-order valence-electron chi connectivity index (χ4n) is 1.57. The van der Waals surface area contributed by atoms with Gasteiger partial charge in [-0.15, -0.1) is 0 Å². The maximum atomic E-state index is 12.1. The highest BCUT2D eigenvalue weighted by Gasteiger charge is 2.29. The van der Waals surface area contributed by atoms with E-state index >= 15 is 0 Å². The van der Waals surface area contributed by atoms with E-state index in [1.165, 1.54) is 0 Å². The van der Waals surface area contributed by atoms with E-state index < -0.39 is 33.7 Å². The first-order valence-corrected chi connectivity index (χ1v) is 9.07. The monoisotopic (exact) mass is 336 g/mol. The van der Waals surface area contributed by atoms with Gasteiger partial charge in [0.25, 0.3) is 5.91 Å². The van der Waals surface area contributed by atoms with Crippen molar-refractivity contribution >= 4 is 22.0 Å². The van der Waals surface area contributed by atoms with Crippen molar-refractivity contribution in [2.45, 2.75) is 66.0 Å². The Balaban J connectivity index is 4.82. The fourth-order valence-corrected chi connectivity index (χ4v) is 2.78. The second kappa shape index (κ2) is 8.36. The van der Waals surface area contributed by atoms with E-state index in [1.54, 1.807) is 34.6 Å². The van der Waals surface area contributed by atoms with Gasteiger partial charge in [0.05, 0.1) is 5.75 Å². The van der Waals surface area contributed by atoms with Gasteiger partial charge in [0.1, 0.15) is 11.6 Å². The number of ether oxygens (including phenoxy) is 1. The molecule has 0 aliphatic rings. The summed E-state index contributed by atoms with van der Waals surface area (Å²) in [5, 5.41) is 2.41. The Morgan fingerprint density at radius 3 is 2.14 bits per heavy atom. The van der Waals surface area contributed by atoms with E-state index in [4.69, 9.17) is 4.74 Å². The SMILES string of the molecule is CCCCS(=O)(=O)NC(=O)[C@@H](NC(=O)OC(C)(C)C)C(C)C. The molecule has 0 aromatic heterocycles. The van der Waals surface area contributed by atoms with Crippen molar-refractivity contribution < 1.29 is 22.7 Å². The highest BCUT2D eigenvalue weighted by molar-refractivity contribution is 7.90. The third-order valence-corrected chi connectivity index (χ3v) is 3.98. The Labute approximate surface area is 133 Å². The molecule has 0 rings (SSSR count). The highest BCUT2D eigenvalue weighted by Crippen LogP contribution is 2.09. The maximum absolute atomic E-state index is 12.1. The minimum absolute atomic E-state index is 0.119. The maximum Gasteiger partial charge on any atom is 0.408 e. The third-order valence-electron chi connectivity index (χ3n) is 2.64. The molecule has 0 aliphatic heterocycles. The van der Waals surface area contributed by atoms with Crippen LogP contribution in [-0.2, 0) is 19.6 Å². The number of nitrogens with one attached hydrogen (secondary N) is 2. The summed E-state index contributed by atoms with van der Waals surface area (Å²) in [5.41, 5.74) is -0.699. The Morgan fingerprint density at radius 2 is 1.73 bits per heavy atom. The van der Waals surface area contributed by atoms with Crippen molar-refractivity contribution in [2.75, 3.05) is 5.75 Å². The molecule has 130 valence electrons. The van der Waals surface area contributed by atoms with E-state index in [9.17, 15) is 18.0 Å². The number of rotatable bonds is 7. The predicted octanol–water partition coefficient (Wildman–Crippen LogP) is 1.78. The van der Waals surface area contributed by atoms with Crippen LogP contribution in [0.5, 0.6) is 0 Å². The minimum atomic E-state index is -3.68. The highest BCUT2D eigenvalue weighted by atomic mass is 32.2. The summed E-state index contributed by atoms with van der Waals surface area (Å²) >= 11 is 0. The molecule has 1 atom stereocenters. The first kappa shape index (κ1) is 20.7. The lowest BCUT2D eigenvalue weighted by atomic mass is 10.0. The first-order valence-electron chi connectivity index (χ1n) is 7.42. The molecule has 2 amide bonds. The summed E-state index contributed by atoms with van der Waals surface area (Å²) in [6.45, 7) is 10.4. The molecular weight excluding hydrogens is 308 g/mol. The summed E-state index contributed by atoms with van der Waals surface area (Å²) < 4.78 is 30.6. The minimum Gasteiger partial charge on any atom is -0.444 e. The molecule has 0 radical (unpaired) electrons. The van der Waals surface area contributed by atoms with Gasteiger partial charge in [0, 0.05) is 0 Å². The lowest BCUT2D eigenvalue weighted by molar-refractivity contribution is -0.122. The molecule has 0 aromatic rings. The lowest BCUT2D eigenvalue weighted by Crippen LogP contribution is -2.52. The number of unbranched alkanes of at least 4 members (excludes halogenated alkanes) is 1. The summed E-state index contributed by atoms with van der Waals surface area (Å²) in [4.78, 5) is 23.9. The van der Waals surface area contributed by atoms with Crippen LogP contribution in [0.25, 0.3) is 0 Å². The molecule has 0 saturated heterocycles. The van der Waals surface area contributed by atoms with Gasteiger partial charge in [-0.2, -0.15) is 0 Å². The smallest absolute Gasteiger partial charge is 0.408 e. The second-order valence-corrected chi connectivity index (χ2v) is 8.35. The van der Waals surface area contributed by atoms with Crippen molar-refractivity contribution in [3.63, 3.8) is 0 Å². The van der Waals surface area contributed by atoms with E-state index in [0.717, 1.165) is 0 Å². The number of alkyl carbamates (subject to hydrolysis) is 1. The molecule has 0 unspecified atom stereocenters. The van der Waals surface area contributed by atoms with Crippen molar-refractivity contribution in [3.8, 4) is 0 Å². The number of hydrogen-bond donors (Lipinski definition) is 2. The van der Waals surface area contributed by atoms with Gasteiger partial charge in [0.15, 0.2) is 0 Å². The van der Waals surface area contributed by atoms with Gasteiger partial charge < -0.3 is 10.1 Å². The van der Waals surface area contributed by atoms with E-state index in [2.05, 4.69) is 5.32 Å². The Morgan fingerprint density at radius 1 is 1.18 bits per heavy atom. The molecular formula is C14H28N2O5S. The molecule has 2 N–H and O–H groups in total. The molecule has 0 spiro atoms. The molecule has 0 aliphatic carbocycles. The van der Waals surface area contributed by atoms with Crippen LogP contribution in [0.1, 0.15) is 54.4 Å². The van der Waals surface area contributed by atoms with Crippen LogP contribution in [0.3, 0.4) is 0 Å². The van der Waals surface area contributed by atoms with Gasteiger partial charge in [-0.1, -0.05) is 27.2 Å². The molecule has 7 nitrogen and oxygen atoms in total. The molecule has 0 saturated carbocycles. The summed E-state index contributed by atoms with van der Waals surface area (Å²) in [5.74, 6) is -1.15. The lowest BCUT2D eigenvalue weighted by Gasteiger charge is -2.25. The van der Waals surface area contributed by atoms with Crippen LogP contribution < -0.4 is 10.0 Å². The van der Waals surface area contributed by atoms with Crippen molar-refractivity contribution in [3.05, 3.63) is 0 Å². The van der Waals surface area contributed by atoms with Gasteiger partial charge in [-0.05, 0) is 33.1 Å². The van der Waals surface area contributed by atoms with Crippen molar-refractivity contribution in [2.24, 2.45) is 5.92 Å². The Bertz CT molecular complexity index is 480. The Kier molecular flexibility index (Phi) is 7.86. The van der Waals surface area contributed by atoms with Gasteiger partial charge >= 0.3 is 6.09 Å². The standard InChI is InChI=1S/C14H28N2O5S/c1-7-8-9-22(19,20)16-12(17)11(10(2)3)15-13(18)21-14(4,5)6/h10-11H,7-9H2,1-6H3,(H,15,18)(H,16,17)/t11-/m0/s1. The number of carbonyl (C=O) groups is 2. The predicted molar refractivity (Wildman–Crippen MR) is 84.8 cm³/mol. The van der Waals surface area contributed by atoms with Gasteiger partial charge in [0.2, 0.25) is 10.0 Å². The average molecular weight is 336 g/mol. The van der Waals surface area contributed by atoms with Crippen LogP contribution >= 0.6 is 0 Å². The second-order valence-electron chi connectivity index (χ2n) is 6.51. The topological polar surface area (TPSA) is 102 Å². The summed E-state index contributed by atoms with van der Waals surface area (Å²) in [6.07, 6.45) is 0.417. The largest absolute Gasteiger partial charge is 0.444 e. The number of amides is 2. The molecule has 0 fully saturated rings. The summed E-state index contributed by atoms with van der Waals surface area (Å²) in [7, 11) is -3.68. The normalized spacial score (nSPS) is 13.6. The Hall–Kier alpha value is -1.31. The van der Waals surface area contributed by atoms with Crippen LogP contribution in [0.2, 0.25) is 0 Å². The zero-order valence-electron chi connectivity index (χ0n) is 14.2. The number of hydrogen-bond acceptors (Lipinski definition) is 5. The fraction of sp³-hybridized carbons (Fsp3) is 0.857. The van der Waals surface area contributed by atoms with Crippen LogP contribution in [0.15, 0.2) is 0 Å². The van der Waals surface area contributed by atoms with Gasteiger partial charge in [-0.25, -0.2) is 13.2 Å². The molecule has 0 aromatic carbocycles. The number of sulfonamides is 1. The average Bonchev–Trinajstić information content (AvgIpc) is 2.30. The van der Waals surface area contributed by atoms with Crippen molar-refractivity contribution in [1.82, 2.24) is 10.0 Å². The zero-order valence-corrected chi connectivity index (χ0v) is 15.0. The molecule has 0 heterocycles. The van der Waals surface area contributed by atoms with Gasteiger partial charge in [-0.3, -0.25) is 9.52 Å². The zero-order chi connectivity index (χ0) is 17.6. The molecule has 8 heteroatoms. The molecule has 22 heavy (non-hydrogen) atoms. The van der Waals surface area contributed by atoms with E-state index in [-0.39, 0.29) is 11.7 Å². The van der Waals surface area contributed by atoms with Crippen LogP contribution in [-0.4, -0.2) is 37.8 Å². The van der Waals surface area contributed by atoms with Crippen molar-refractivity contribution in [1.29, 1.82) is 0 Å². The van der Waals surface area contributed by atoms with Crippen LogP contribution in [0, 0.1) is 5.92 Å².